The quantitative estimate of drug-likeness (QED) is 0.809. The van der Waals surface area contributed by atoms with Crippen molar-refractivity contribution in [1.82, 2.24) is 24.6 Å². The molecule has 0 aliphatic carbocycles. The highest BCUT2D eigenvalue weighted by Crippen LogP contribution is 2.28. The van der Waals surface area contributed by atoms with E-state index in [4.69, 9.17) is 10.5 Å². The number of rotatable bonds is 6. The number of morpholine rings is 1. The van der Waals surface area contributed by atoms with Crippen LogP contribution in [0, 0.1) is 0 Å². The van der Waals surface area contributed by atoms with Gasteiger partial charge in [-0.2, -0.15) is 5.10 Å². The van der Waals surface area contributed by atoms with Crippen molar-refractivity contribution in [3.05, 3.63) is 41.7 Å². The normalized spacial score (nSPS) is 16.9. The van der Waals surface area contributed by atoms with Crippen molar-refractivity contribution in [2.75, 3.05) is 26.3 Å². The van der Waals surface area contributed by atoms with Crippen LogP contribution >= 0.6 is 0 Å². The summed E-state index contributed by atoms with van der Waals surface area (Å²) in [6.45, 7) is 5.66. The van der Waals surface area contributed by atoms with Gasteiger partial charge in [0, 0.05) is 32.0 Å². The number of nitrogens with zero attached hydrogens (tertiary/aromatic N) is 5. The Hall–Kier alpha value is -2.32. The number of primary amides is 1. The number of aryl methyl sites for hydroxylation is 1. The van der Waals surface area contributed by atoms with E-state index in [9.17, 15) is 4.79 Å². The first-order valence-corrected chi connectivity index (χ1v) is 8.12. The minimum absolute atomic E-state index is 0.0445. The molecule has 2 aromatic heterocycles. The number of nitrogens with two attached hydrogens (primary N) is 1. The van der Waals surface area contributed by atoms with Crippen LogP contribution in [-0.4, -0.2) is 56.9 Å². The highest BCUT2D eigenvalue weighted by atomic mass is 16.5. The summed E-state index contributed by atoms with van der Waals surface area (Å²) in [5.74, 6) is 0.837. The van der Waals surface area contributed by atoms with Crippen LogP contribution < -0.4 is 5.73 Å². The van der Waals surface area contributed by atoms with Gasteiger partial charge in [0.15, 0.2) is 5.82 Å². The third kappa shape index (κ3) is 3.60. The zero-order valence-corrected chi connectivity index (χ0v) is 13.8. The van der Waals surface area contributed by atoms with E-state index in [0.717, 1.165) is 24.5 Å². The standard InChI is InChI=1S/C16H22N6O2/c1-2-22-16(19-14(20-22)10-13(17)23)15(12-4-3-5-18-11-12)21-6-8-24-9-7-21/h3-5,11,15H,2,6-10H2,1H3,(H2,17,23). The van der Waals surface area contributed by atoms with E-state index in [2.05, 4.69) is 20.0 Å². The van der Waals surface area contributed by atoms with E-state index in [1.165, 1.54) is 0 Å². The predicted molar refractivity (Wildman–Crippen MR) is 87.1 cm³/mol. The summed E-state index contributed by atoms with van der Waals surface area (Å²) < 4.78 is 7.31. The lowest BCUT2D eigenvalue weighted by atomic mass is 10.1. The van der Waals surface area contributed by atoms with Crippen LogP contribution in [0.2, 0.25) is 0 Å². The molecule has 2 N–H and O–H groups in total. The Kier molecular flexibility index (Phi) is 5.17. The molecule has 0 radical (unpaired) electrons. The van der Waals surface area contributed by atoms with Crippen LogP contribution in [-0.2, 0) is 22.5 Å². The van der Waals surface area contributed by atoms with Gasteiger partial charge in [-0.15, -0.1) is 0 Å². The Balaban J connectivity index is 2.01. The van der Waals surface area contributed by atoms with Crippen LogP contribution in [0.5, 0.6) is 0 Å². The summed E-state index contributed by atoms with van der Waals surface area (Å²) in [5.41, 5.74) is 6.34. The summed E-state index contributed by atoms with van der Waals surface area (Å²) >= 11 is 0. The molecule has 3 heterocycles. The largest absolute Gasteiger partial charge is 0.379 e. The number of carbonyl (C=O) groups excluding carboxylic acids is 1. The van der Waals surface area contributed by atoms with Gasteiger partial charge in [-0.05, 0) is 18.6 Å². The molecular weight excluding hydrogens is 308 g/mol. The van der Waals surface area contributed by atoms with Crippen molar-refractivity contribution < 1.29 is 9.53 Å². The van der Waals surface area contributed by atoms with Gasteiger partial charge < -0.3 is 10.5 Å². The van der Waals surface area contributed by atoms with Gasteiger partial charge in [-0.25, -0.2) is 9.67 Å². The molecule has 8 heteroatoms. The molecule has 2 aromatic rings. The molecule has 0 aromatic carbocycles. The first-order chi connectivity index (χ1) is 11.7. The van der Waals surface area contributed by atoms with E-state index in [-0.39, 0.29) is 12.5 Å². The Bertz CT molecular complexity index is 681. The maximum absolute atomic E-state index is 11.2. The Morgan fingerprint density at radius 3 is 2.83 bits per heavy atom. The SMILES string of the molecule is CCn1nc(CC(N)=O)nc1C(c1cccnc1)N1CCOCC1. The summed E-state index contributed by atoms with van der Waals surface area (Å²) in [4.78, 5) is 22.4. The molecule has 24 heavy (non-hydrogen) atoms. The number of hydrogen-bond donors (Lipinski definition) is 1. The minimum atomic E-state index is -0.431. The van der Waals surface area contributed by atoms with Gasteiger partial charge in [0.1, 0.15) is 5.82 Å². The third-order valence-electron chi connectivity index (χ3n) is 4.03. The molecule has 1 aliphatic rings. The van der Waals surface area contributed by atoms with Crippen molar-refractivity contribution in [3.8, 4) is 0 Å². The summed E-state index contributed by atoms with van der Waals surface area (Å²) in [7, 11) is 0. The van der Waals surface area contributed by atoms with Crippen molar-refractivity contribution in [2.24, 2.45) is 5.73 Å². The molecule has 1 fully saturated rings. The average Bonchev–Trinajstić information content (AvgIpc) is 2.99. The molecule has 8 nitrogen and oxygen atoms in total. The lowest BCUT2D eigenvalue weighted by molar-refractivity contribution is -0.117. The molecule has 1 saturated heterocycles. The first kappa shape index (κ1) is 16.5. The topological polar surface area (TPSA) is 99.2 Å². The second-order valence-corrected chi connectivity index (χ2v) is 5.68. The second-order valence-electron chi connectivity index (χ2n) is 5.68. The molecule has 128 valence electrons. The summed E-state index contributed by atoms with van der Waals surface area (Å²) in [6, 6.07) is 3.88. The number of hydrogen-bond acceptors (Lipinski definition) is 6. The number of carbonyl (C=O) groups is 1. The van der Waals surface area contributed by atoms with E-state index in [1.807, 2.05) is 29.9 Å². The summed E-state index contributed by atoms with van der Waals surface area (Å²) in [6.07, 6.45) is 3.65. The summed E-state index contributed by atoms with van der Waals surface area (Å²) in [5, 5.41) is 4.44. The Morgan fingerprint density at radius 1 is 1.42 bits per heavy atom. The van der Waals surface area contributed by atoms with Crippen molar-refractivity contribution in [1.29, 1.82) is 0 Å². The number of aromatic nitrogens is 4. The fourth-order valence-corrected chi connectivity index (χ4v) is 2.97. The lowest BCUT2D eigenvalue weighted by Crippen LogP contribution is -2.40. The van der Waals surface area contributed by atoms with Gasteiger partial charge in [0.25, 0.3) is 0 Å². The predicted octanol–water partition coefficient (Wildman–Crippen LogP) is 0.142. The molecule has 3 rings (SSSR count). The van der Waals surface area contributed by atoms with Gasteiger partial charge in [0.05, 0.1) is 25.7 Å². The zero-order valence-electron chi connectivity index (χ0n) is 13.8. The minimum Gasteiger partial charge on any atom is -0.379 e. The molecule has 0 spiro atoms. The van der Waals surface area contributed by atoms with Gasteiger partial charge >= 0.3 is 0 Å². The molecule has 0 bridgehead atoms. The maximum Gasteiger partial charge on any atom is 0.225 e. The van der Waals surface area contributed by atoms with Crippen molar-refractivity contribution >= 4 is 5.91 Å². The van der Waals surface area contributed by atoms with Crippen LogP contribution in [0.25, 0.3) is 0 Å². The lowest BCUT2D eigenvalue weighted by Gasteiger charge is -2.34. The maximum atomic E-state index is 11.2. The van der Waals surface area contributed by atoms with Gasteiger partial charge in [0.2, 0.25) is 5.91 Å². The monoisotopic (exact) mass is 330 g/mol. The van der Waals surface area contributed by atoms with Crippen LogP contribution in [0.3, 0.4) is 0 Å². The van der Waals surface area contributed by atoms with Gasteiger partial charge in [-0.3, -0.25) is 14.7 Å². The Morgan fingerprint density at radius 2 is 2.21 bits per heavy atom. The molecule has 1 amide bonds. The van der Waals surface area contributed by atoms with E-state index < -0.39 is 5.91 Å². The van der Waals surface area contributed by atoms with E-state index >= 15 is 0 Å². The smallest absolute Gasteiger partial charge is 0.225 e. The third-order valence-corrected chi connectivity index (χ3v) is 4.03. The van der Waals surface area contributed by atoms with Crippen LogP contribution in [0.4, 0.5) is 0 Å². The Labute approximate surface area is 140 Å². The highest BCUT2D eigenvalue weighted by Gasteiger charge is 2.29. The average molecular weight is 330 g/mol. The fourth-order valence-electron chi connectivity index (χ4n) is 2.97. The number of ether oxygens (including phenoxy) is 1. The van der Waals surface area contributed by atoms with Crippen molar-refractivity contribution in [2.45, 2.75) is 25.9 Å². The molecule has 1 unspecified atom stereocenters. The molecule has 0 saturated carbocycles. The second kappa shape index (κ2) is 7.50. The van der Waals surface area contributed by atoms with Crippen LogP contribution in [0.1, 0.15) is 30.2 Å². The highest BCUT2D eigenvalue weighted by molar-refractivity contribution is 5.75. The number of amides is 1. The fraction of sp³-hybridized carbons (Fsp3) is 0.500. The first-order valence-electron chi connectivity index (χ1n) is 8.12. The molecule has 1 aliphatic heterocycles. The van der Waals surface area contributed by atoms with E-state index in [1.54, 1.807) is 6.20 Å². The van der Waals surface area contributed by atoms with Crippen LogP contribution in [0.15, 0.2) is 24.5 Å². The molecular formula is C16H22N6O2. The number of pyridine rings is 1. The van der Waals surface area contributed by atoms with E-state index in [0.29, 0.717) is 25.6 Å². The van der Waals surface area contributed by atoms with Gasteiger partial charge in [-0.1, -0.05) is 6.07 Å². The zero-order chi connectivity index (χ0) is 16.9. The molecule has 1 atom stereocenters. The van der Waals surface area contributed by atoms with Crippen molar-refractivity contribution in [3.63, 3.8) is 0 Å².